The third kappa shape index (κ3) is 3.39. The molecular weight excluding hydrogens is 290 g/mol. The average Bonchev–Trinajstić information content (AvgIpc) is 2.62. The largest absolute Gasteiger partial charge is 0.396 e. The Bertz CT molecular complexity index is 593. The topological polar surface area (TPSA) is 67.6 Å². The fourth-order valence-electron chi connectivity index (χ4n) is 3.70. The van der Waals surface area contributed by atoms with Crippen molar-refractivity contribution in [1.82, 2.24) is 4.90 Å². The second-order valence-corrected chi connectivity index (χ2v) is 6.49. The molecule has 0 saturated carbocycles. The first-order chi connectivity index (χ1) is 11.2. The Morgan fingerprint density at radius 3 is 2.61 bits per heavy atom. The molecule has 0 bridgehead atoms. The lowest BCUT2D eigenvalue weighted by atomic mass is 9.94. The predicted octanol–water partition coefficient (Wildman–Crippen LogP) is 1.76. The first-order valence-corrected chi connectivity index (χ1v) is 8.39. The Labute approximate surface area is 137 Å². The summed E-state index contributed by atoms with van der Waals surface area (Å²) in [4.78, 5) is 17.0. The zero-order chi connectivity index (χ0) is 16.2. The third-order valence-corrected chi connectivity index (χ3v) is 4.97. The molecular formula is C18H23N3O2. The van der Waals surface area contributed by atoms with Gasteiger partial charge in [-0.15, -0.1) is 0 Å². The van der Waals surface area contributed by atoms with Crippen LogP contribution in [-0.4, -0.2) is 48.2 Å². The molecule has 1 aromatic rings. The molecule has 5 nitrogen and oxygen atoms in total. The number of rotatable bonds is 3. The maximum atomic E-state index is 12.9. The summed E-state index contributed by atoms with van der Waals surface area (Å²) >= 11 is 0. The second kappa shape index (κ2) is 7.12. The molecule has 2 unspecified atom stereocenters. The fraction of sp³-hybridized carbons (Fsp3) is 0.556. The molecule has 2 aliphatic rings. The molecule has 0 aliphatic carbocycles. The number of carbonyl (C=O) groups is 1. The molecule has 1 aromatic carbocycles. The van der Waals surface area contributed by atoms with Crippen LogP contribution in [-0.2, 0) is 4.79 Å². The molecule has 23 heavy (non-hydrogen) atoms. The Kier molecular flexibility index (Phi) is 4.94. The summed E-state index contributed by atoms with van der Waals surface area (Å²) in [5.41, 5.74) is 1.48. The highest BCUT2D eigenvalue weighted by Gasteiger charge is 2.35. The number of benzene rings is 1. The third-order valence-electron chi connectivity index (χ3n) is 4.97. The number of nitrogens with zero attached hydrogens (tertiary/aromatic N) is 3. The number of anilines is 1. The van der Waals surface area contributed by atoms with Crippen LogP contribution in [0.15, 0.2) is 24.3 Å². The van der Waals surface area contributed by atoms with Crippen molar-refractivity contribution in [2.24, 2.45) is 5.92 Å². The van der Waals surface area contributed by atoms with Gasteiger partial charge in [0, 0.05) is 25.4 Å². The number of hydrogen-bond acceptors (Lipinski definition) is 4. The smallest absolute Gasteiger partial charge is 0.244 e. The van der Waals surface area contributed by atoms with E-state index in [1.54, 1.807) is 12.1 Å². The Morgan fingerprint density at radius 1 is 1.17 bits per heavy atom. The number of aliphatic hydroxyl groups is 1. The van der Waals surface area contributed by atoms with Gasteiger partial charge in [-0.05, 0) is 62.4 Å². The lowest BCUT2D eigenvalue weighted by molar-refractivity contribution is -0.126. The van der Waals surface area contributed by atoms with Gasteiger partial charge in [0.15, 0.2) is 0 Å². The molecule has 0 aromatic heterocycles. The highest BCUT2D eigenvalue weighted by molar-refractivity contribution is 5.98. The van der Waals surface area contributed by atoms with E-state index in [9.17, 15) is 9.90 Å². The monoisotopic (exact) mass is 313 g/mol. The van der Waals surface area contributed by atoms with E-state index in [1.165, 1.54) is 0 Å². The zero-order valence-electron chi connectivity index (χ0n) is 13.3. The number of piperidine rings is 2. The van der Waals surface area contributed by atoms with Crippen LogP contribution in [0, 0.1) is 17.2 Å². The number of likely N-dealkylation sites (tertiary alicyclic amines) is 1. The summed E-state index contributed by atoms with van der Waals surface area (Å²) in [6, 6.07) is 9.25. The Morgan fingerprint density at radius 2 is 1.91 bits per heavy atom. The highest BCUT2D eigenvalue weighted by atomic mass is 16.3. The van der Waals surface area contributed by atoms with E-state index in [0.29, 0.717) is 11.5 Å². The lowest BCUT2D eigenvalue weighted by Crippen LogP contribution is -2.55. The molecule has 3 rings (SSSR count). The van der Waals surface area contributed by atoms with Gasteiger partial charge in [-0.2, -0.15) is 5.26 Å². The maximum absolute atomic E-state index is 12.9. The van der Waals surface area contributed by atoms with Crippen LogP contribution in [0.2, 0.25) is 0 Å². The van der Waals surface area contributed by atoms with Crippen molar-refractivity contribution in [3.05, 3.63) is 29.8 Å². The van der Waals surface area contributed by atoms with Crippen molar-refractivity contribution < 1.29 is 9.90 Å². The van der Waals surface area contributed by atoms with Crippen molar-refractivity contribution in [3.63, 3.8) is 0 Å². The first-order valence-electron chi connectivity index (χ1n) is 8.39. The van der Waals surface area contributed by atoms with Crippen LogP contribution in [0.1, 0.15) is 31.2 Å². The number of nitriles is 1. The molecule has 2 heterocycles. The van der Waals surface area contributed by atoms with Crippen molar-refractivity contribution in [3.8, 4) is 6.07 Å². The SMILES string of the molecule is N#Cc1ccc(N2CCCC(N3CCCC(CO)C3)C2=O)cc1. The van der Waals surface area contributed by atoms with E-state index in [0.717, 1.165) is 51.0 Å². The number of amides is 1. The van der Waals surface area contributed by atoms with E-state index in [1.807, 2.05) is 17.0 Å². The van der Waals surface area contributed by atoms with Crippen molar-refractivity contribution in [1.29, 1.82) is 5.26 Å². The van der Waals surface area contributed by atoms with Crippen molar-refractivity contribution in [2.75, 3.05) is 31.1 Å². The molecule has 122 valence electrons. The maximum Gasteiger partial charge on any atom is 0.244 e. The molecule has 5 heteroatoms. The second-order valence-electron chi connectivity index (χ2n) is 6.49. The molecule has 0 radical (unpaired) electrons. The minimum atomic E-state index is -0.0752. The van der Waals surface area contributed by atoms with Gasteiger partial charge in [-0.25, -0.2) is 0 Å². The Hall–Kier alpha value is -1.90. The molecule has 1 amide bonds. The van der Waals surface area contributed by atoms with E-state index in [4.69, 9.17) is 5.26 Å². The summed E-state index contributed by atoms with van der Waals surface area (Å²) in [6.45, 7) is 2.69. The molecule has 1 N–H and O–H groups in total. The van der Waals surface area contributed by atoms with Crippen molar-refractivity contribution >= 4 is 11.6 Å². The normalized spacial score (nSPS) is 26.1. The predicted molar refractivity (Wildman–Crippen MR) is 87.9 cm³/mol. The van der Waals surface area contributed by atoms with E-state index < -0.39 is 0 Å². The molecule has 2 aliphatic heterocycles. The van der Waals surface area contributed by atoms with E-state index >= 15 is 0 Å². The van der Waals surface area contributed by atoms with Crippen LogP contribution in [0.4, 0.5) is 5.69 Å². The van der Waals surface area contributed by atoms with Gasteiger partial charge >= 0.3 is 0 Å². The van der Waals surface area contributed by atoms with E-state index in [-0.39, 0.29) is 18.6 Å². The van der Waals surface area contributed by atoms with Gasteiger partial charge < -0.3 is 10.0 Å². The molecule has 2 fully saturated rings. The van der Waals surface area contributed by atoms with Gasteiger partial charge in [-0.1, -0.05) is 0 Å². The minimum absolute atomic E-state index is 0.0752. The van der Waals surface area contributed by atoms with Crippen LogP contribution in [0.3, 0.4) is 0 Å². The van der Waals surface area contributed by atoms with Gasteiger partial charge in [0.1, 0.15) is 0 Å². The number of hydrogen-bond donors (Lipinski definition) is 1. The fourth-order valence-corrected chi connectivity index (χ4v) is 3.70. The summed E-state index contributed by atoms with van der Waals surface area (Å²) in [6.07, 6.45) is 3.97. The quantitative estimate of drug-likeness (QED) is 0.923. The van der Waals surface area contributed by atoms with Gasteiger partial charge in [0.2, 0.25) is 5.91 Å². The van der Waals surface area contributed by atoms with Crippen LogP contribution < -0.4 is 4.90 Å². The zero-order valence-corrected chi connectivity index (χ0v) is 13.3. The summed E-state index contributed by atoms with van der Waals surface area (Å²) in [5.74, 6) is 0.446. The minimum Gasteiger partial charge on any atom is -0.396 e. The van der Waals surface area contributed by atoms with Crippen molar-refractivity contribution in [2.45, 2.75) is 31.7 Å². The Balaban J connectivity index is 1.74. The van der Waals surface area contributed by atoms with Crippen LogP contribution in [0.25, 0.3) is 0 Å². The number of aliphatic hydroxyl groups excluding tert-OH is 1. The van der Waals surface area contributed by atoms with Gasteiger partial charge in [-0.3, -0.25) is 9.69 Å². The summed E-state index contributed by atoms with van der Waals surface area (Å²) < 4.78 is 0. The van der Waals surface area contributed by atoms with Gasteiger partial charge in [0.25, 0.3) is 0 Å². The van der Waals surface area contributed by atoms with E-state index in [2.05, 4.69) is 11.0 Å². The molecule has 0 spiro atoms. The molecule has 2 atom stereocenters. The van der Waals surface area contributed by atoms with Crippen LogP contribution >= 0.6 is 0 Å². The first kappa shape index (κ1) is 16.0. The molecule has 2 saturated heterocycles. The standard InChI is InChI=1S/C18H23N3O2/c19-11-14-5-7-16(8-6-14)21-10-2-4-17(18(21)23)20-9-1-3-15(12-20)13-22/h5-8,15,17,22H,1-4,9-10,12-13H2. The summed E-state index contributed by atoms with van der Waals surface area (Å²) in [5, 5.41) is 18.3. The van der Waals surface area contributed by atoms with Gasteiger partial charge in [0.05, 0.1) is 17.7 Å². The average molecular weight is 313 g/mol. The summed E-state index contributed by atoms with van der Waals surface area (Å²) in [7, 11) is 0. The van der Waals surface area contributed by atoms with Crippen LogP contribution in [0.5, 0.6) is 0 Å². The lowest BCUT2D eigenvalue weighted by Gasteiger charge is -2.41. The number of carbonyl (C=O) groups excluding carboxylic acids is 1. The highest BCUT2D eigenvalue weighted by Crippen LogP contribution is 2.27.